The maximum Gasteiger partial charge on any atom is 0.222 e. The molecule has 5 nitrogen and oxygen atoms in total. The van der Waals surface area contributed by atoms with Crippen LogP contribution < -0.4 is 16.0 Å². The van der Waals surface area contributed by atoms with E-state index in [0.29, 0.717) is 18.3 Å². The second-order valence-electron chi connectivity index (χ2n) is 3.62. The zero-order valence-corrected chi connectivity index (χ0v) is 9.90. The highest BCUT2D eigenvalue weighted by Crippen LogP contribution is 2.29. The van der Waals surface area contributed by atoms with Gasteiger partial charge in [-0.25, -0.2) is 15.8 Å². The molecule has 0 aliphatic rings. The van der Waals surface area contributed by atoms with Gasteiger partial charge >= 0.3 is 0 Å². The number of nitrogen functional groups attached to an aromatic ring is 1. The molecule has 0 atom stereocenters. The lowest BCUT2D eigenvalue weighted by Gasteiger charge is -2.14. The number of anilines is 1. The van der Waals surface area contributed by atoms with Crippen molar-refractivity contribution in [3.63, 3.8) is 0 Å². The van der Waals surface area contributed by atoms with E-state index in [4.69, 9.17) is 10.6 Å². The number of nitrogens with one attached hydrogen (secondary N) is 1. The SMILES string of the molecule is C/C=C/COc1ncnc(NN)c1C(C)C. The molecular weight excluding hydrogens is 204 g/mol. The van der Waals surface area contributed by atoms with Crippen molar-refractivity contribution < 1.29 is 4.74 Å². The van der Waals surface area contributed by atoms with Gasteiger partial charge in [-0.15, -0.1) is 0 Å². The van der Waals surface area contributed by atoms with Crippen LogP contribution in [-0.4, -0.2) is 16.6 Å². The number of rotatable bonds is 5. The summed E-state index contributed by atoms with van der Waals surface area (Å²) >= 11 is 0. The molecule has 1 rings (SSSR count). The van der Waals surface area contributed by atoms with Crippen molar-refractivity contribution in [2.45, 2.75) is 26.7 Å². The highest BCUT2D eigenvalue weighted by atomic mass is 16.5. The van der Waals surface area contributed by atoms with E-state index in [1.807, 2.05) is 32.9 Å². The van der Waals surface area contributed by atoms with E-state index < -0.39 is 0 Å². The minimum absolute atomic E-state index is 0.243. The Labute approximate surface area is 95.7 Å². The van der Waals surface area contributed by atoms with Crippen molar-refractivity contribution in [1.29, 1.82) is 0 Å². The summed E-state index contributed by atoms with van der Waals surface area (Å²) in [6.07, 6.45) is 5.28. The second-order valence-corrected chi connectivity index (χ2v) is 3.62. The van der Waals surface area contributed by atoms with Gasteiger partial charge in [-0.1, -0.05) is 26.0 Å². The molecule has 5 heteroatoms. The summed E-state index contributed by atoms with van der Waals surface area (Å²) in [7, 11) is 0. The van der Waals surface area contributed by atoms with Gasteiger partial charge in [-0.3, -0.25) is 0 Å². The molecule has 16 heavy (non-hydrogen) atoms. The van der Waals surface area contributed by atoms with Crippen molar-refractivity contribution in [2.75, 3.05) is 12.0 Å². The molecule has 3 N–H and O–H groups in total. The van der Waals surface area contributed by atoms with Crippen LogP contribution in [0, 0.1) is 0 Å². The summed E-state index contributed by atoms with van der Waals surface area (Å²) in [4.78, 5) is 8.18. The van der Waals surface area contributed by atoms with Crippen molar-refractivity contribution in [3.8, 4) is 5.88 Å². The van der Waals surface area contributed by atoms with Crippen LogP contribution in [0.5, 0.6) is 5.88 Å². The van der Waals surface area contributed by atoms with Gasteiger partial charge in [0.2, 0.25) is 5.88 Å². The van der Waals surface area contributed by atoms with Crippen molar-refractivity contribution in [2.24, 2.45) is 5.84 Å². The fourth-order valence-electron chi connectivity index (χ4n) is 1.35. The van der Waals surface area contributed by atoms with E-state index in [0.717, 1.165) is 5.56 Å². The monoisotopic (exact) mass is 222 g/mol. The molecular formula is C11H18N4O. The number of hydrazine groups is 1. The number of aromatic nitrogens is 2. The Morgan fingerprint density at radius 2 is 2.25 bits per heavy atom. The van der Waals surface area contributed by atoms with Gasteiger partial charge in [0.05, 0.1) is 5.56 Å². The maximum atomic E-state index is 5.55. The van der Waals surface area contributed by atoms with Crippen LogP contribution in [0.1, 0.15) is 32.3 Å². The Balaban J connectivity index is 2.97. The Morgan fingerprint density at radius 1 is 1.50 bits per heavy atom. The van der Waals surface area contributed by atoms with Gasteiger partial charge < -0.3 is 10.2 Å². The third-order valence-corrected chi connectivity index (χ3v) is 2.11. The molecule has 0 bridgehead atoms. The zero-order chi connectivity index (χ0) is 12.0. The highest BCUT2D eigenvalue weighted by Gasteiger charge is 2.15. The van der Waals surface area contributed by atoms with Gasteiger partial charge in [0.15, 0.2) is 5.82 Å². The van der Waals surface area contributed by atoms with Crippen molar-refractivity contribution in [1.82, 2.24) is 9.97 Å². The molecule has 0 radical (unpaired) electrons. The van der Waals surface area contributed by atoms with E-state index in [1.165, 1.54) is 6.33 Å². The van der Waals surface area contributed by atoms with Crippen LogP contribution in [0.4, 0.5) is 5.82 Å². The topological polar surface area (TPSA) is 73.1 Å². The van der Waals surface area contributed by atoms with Gasteiger partial charge in [-0.2, -0.15) is 0 Å². The van der Waals surface area contributed by atoms with E-state index in [2.05, 4.69) is 15.4 Å². The van der Waals surface area contributed by atoms with Crippen LogP contribution in [0.25, 0.3) is 0 Å². The third kappa shape index (κ3) is 2.93. The number of nitrogens with zero attached hydrogens (tertiary/aromatic N) is 2. The molecule has 0 unspecified atom stereocenters. The molecule has 1 aromatic heterocycles. The normalized spacial score (nSPS) is 11.1. The van der Waals surface area contributed by atoms with E-state index in [9.17, 15) is 0 Å². The minimum atomic E-state index is 0.243. The molecule has 0 saturated heterocycles. The van der Waals surface area contributed by atoms with Gasteiger partial charge in [0, 0.05) is 0 Å². The summed E-state index contributed by atoms with van der Waals surface area (Å²) in [5.41, 5.74) is 3.46. The number of nitrogens with two attached hydrogens (primary N) is 1. The quantitative estimate of drug-likeness (QED) is 0.452. The predicted octanol–water partition coefficient (Wildman–Crippen LogP) is 1.84. The van der Waals surface area contributed by atoms with E-state index >= 15 is 0 Å². The van der Waals surface area contributed by atoms with Crippen LogP contribution in [0.3, 0.4) is 0 Å². The molecule has 0 fully saturated rings. The minimum Gasteiger partial charge on any atom is -0.473 e. The predicted molar refractivity (Wildman–Crippen MR) is 64.2 cm³/mol. The fraction of sp³-hybridized carbons (Fsp3) is 0.455. The summed E-state index contributed by atoms with van der Waals surface area (Å²) in [5.74, 6) is 6.84. The van der Waals surface area contributed by atoms with Crippen molar-refractivity contribution in [3.05, 3.63) is 24.0 Å². The average Bonchev–Trinajstić information content (AvgIpc) is 2.28. The zero-order valence-electron chi connectivity index (χ0n) is 9.90. The highest BCUT2D eigenvalue weighted by molar-refractivity contribution is 5.49. The Kier molecular flexibility index (Phi) is 4.72. The van der Waals surface area contributed by atoms with Crippen LogP contribution in [0.2, 0.25) is 0 Å². The lowest BCUT2D eigenvalue weighted by Crippen LogP contribution is -2.14. The third-order valence-electron chi connectivity index (χ3n) is 2.11. The van der Waals surface area contributed by atoms with Crippen molar-refractivity contribution >= 4 is 5.82 Å². The van der Waals surface area contributed by atoms with E-state index in [1.54, 1.807) is 0 Å². The Hall–Kier alpha value is -1.62. The molecule has 88 valence electrons. The molecule has 1 heterocycles. The average molecular weight is 222 g/mol. The summed E-state index contributed by atoms with van der Waals surface area (Å²) in [6, 6.07) is 0. The lowest BCUT2D eigenvalue weighted by atomic mass is 10.1. The van der Waals surface area contributed by atoms with Gasteiger partial charge in [0.1, 0.15) is 12.9 Å². The van der Waals surface area contributed by atoms with E-state index in [-0.39, 0.29) is 5.92 Å². The Bertz CT molecular complexity index is 363. The number of hydrogen-bond acceptors (Lipinski definition) is 5. The lowest BCUT2D eigenvalue weighted by molar-refractivity contribution is 0.341. The first kappa shape index (κ1) is 12.4. The molecule has 0 aliphatic heterocycles. The first-order valence-corrected chi connectivity index (χ1v) is 5.26. The first-order valence-electron chi connectivity index (χ1n) is 5.26. The molecule has 0 aromatic carbocycles. The van der Waals surface area contributed by atoms with Crippen LogP contribution >= 0.6 is 0 Å². The number of hydrogen-bond donors (Lipinski definition) is 2. The van der Waals surface area contributed by atoms with Crippen LogP contribution in [0.15, 0.2) is 18.5 Å². The molecule has 0 saturated carbocycles. The Morgan fingerprint density at radius 3 is 2.81 bits per heavy atom. The number of allylic oxidation sites excluding steroid dienone is 1. The standard InChI is InChI=1S/C11H18N4O/c1-4-5-6-16-11-9(8(2)3)10(15-12)13-7-14-11/h4-5,7-8H,6,12H2,1-3H3,(H,13,14,15)/b5-4+. The summed E-state index contributed by atoms with van der Waals surface area (Å²) in [5, 5.41) is 0. The number of ether oxygens (including phenoxy) is 1. The van der Waals surface area contributed by atoms with Gasteiger partial charge in [0.25, 0.3) is 0 Å². The van der Waals surface area contributed by atoms with Gasteiger partial charge in [-0.05, 0) is 12.8 Å². The molecule has 1 aromatic rings. The summed E-state index contributed by atoms with van der Waals surface area (Å²) < 4.78 is 5.55. The first-order chi connectivity index (χ1) is 7.70. The molecule has 0 aliphatic carbocycles. The summed E-state index contributed by atoms with van der Waals surface area (Å²) in [6.45, 7) is 6.53. The largest absolute Gasteiger partial charge is 0.473 e. The second kappa shape index (κ2) is 6.07. The fourth-order valence-corrected chi connectivity index (χ4v) is 1.35. The maximum absolute atomic E-state index is 5.55. The molecule has 0 amide bonds. The van der Waals surface area contributed by atoms with Crippen LogP contribution in [-0.2, 0) is 0 Å². The smallest absolute Gasteiger partial charge is 0.222 e. The molecule has 0 spiro atoms.